The molecule has 1 amide bonds. The quantitative estimate of drug-likeness (QED) is 0.493. The van der Waals surface area contributed by atoms with E-state index in [1.807, 2.05) is 19.1 Å². The first-order valence-electron chi connectivity index (χ1n) is 9.70. The zero-order valence-electron chi connectivity index (χ0n) is 17.5. The van der Waals surface area contributed by atoms with Gasteiger partial charge in [0.2, 0.25) is 0 Å². The van der Waals surface area contributed by atoms with Crippen LogP contribution in [0.3, 0.4) is 0 Å². The van der Waals surface area contributed by atoms with Gasteiger partial charge in [-0.1, -0.05) is 45.0 Å². The molecule has 0 saturated heterocycles. The second-order valence-electron chi connectivity index (χ2n) is 8.25. The smallest absolute Gasteiger partial charge is 0.261 e. The monoisotopic (exact) mass is 429 g/mol. The van der Waals surface area contributed by atoms with Crippen molar-refractivity contribution < 1.29 is 18.3 Å². The number of hydrogen-bond acceptors (Lipinski definition) is 3. The van der Waals surface area contributed by atoms with E-state index in [2.05, 4.69) is 38.2 Å². The topological polar surface area (TPSA) is 38.3 Å². The number of ether oxygens (including phenoxy) is 1. The van der Waals surface area contributed by atoms with Crippen LogP contribution in [0.25, 0.3) is 0 Å². The molecule has 6 heteroatoms. The van der Waals surface area contributed by atoms with E-state index in [1.54, 1.807) is 11.4 Å². The lowest BCUT2D eigenvalue weighted by Gasteiger charge is -2.20. The molecule has 1 heterocycles. The van der Waals surface area contributed by atoms with Crippen molar-refractivity contribution in [2.75, 3.05) is 0 Å². The molecule has 0 fully saturated rings. The van der Waals surface area contributed by atoms with Crippen molar-refractivity contribution in [3.63, 3.8) is 0 Å². The van der Waals surface area contributed by atoms with E-state index in [0.29, 0.717) is 4.88 Å². The highest BCUT2D eigenvalue weighted by atomic mass is 32.1. The molecule has 0 aliphatic rings. The fraction of sp³-hybridized carbons (Fsp3) is 0.292. The first-order valence-corrected chi connectivity index (χ1v) is 10.6. The number of amides is 1. The van der Waals surface area contributed by atoms with Gasteiger partial charge in [-0.3, -0.25) is 4.79 Å². The summed E-state index contributed by atoms with van der Waals surface area (Å²) in [5, 5.41) is 4.79. The molecule has 3 aromatic rings. The Morgan fingerprint density at radius 1 is 1.10 bits per heavy atom. The zero-order valence-corrected chi connectivity index (χ0v) is 18.3. The Morgan fingerprint density at radius 3 is 2.43 bits per heavy atom. The number of hydrogen-bond donors (Lipinski definition) is 1. The Bertz CT molecular complexity index is 1020. The predicted molar refractivity (Wildman–Crippen MR) is 116 cm³/mol. The lowest BCUT2D eigenvalue weighted by atomic mass is 9.86. The molecule has 3 rings (SSSR count). The highest BCUT2D eigenvalue weighted by Crippen LogP contribution is 2.25. The fourth-order valence-corrected chi connectivity index (χ4v) is 3.75. The minimum absolute atomic E-state index is 0.0269. The third kappa shape index (κ3) is 5.45. The standard InChI is InChI=1S/C24H25F2NO2S/c1-15(17-5-7-18(8-6-17)24(2,3)4)27-23(28)22-11-16(14-30-22)13-29-21-10-9-19(25)12-20(21)26/h5-12,14-15H,13H2,1-4H3,(H,27,28). The number of rotatable bonds is 6. The van der Waals surface area contributed by atoms with Gasteiger partial charge in [0.05, 0.1) is 10.9 Å². The Hall–Kier alpha value is -2.73. The largest absolute Gasteiger partial charge is 0.486 e. The molecule has 2 aromatic carbocycles. The van der Waals surface area contributed by atoms with E-state index >= 15 is 0 Å². The Balaban J connectivity index is 1.59. The van der Waals surface area contributed by atoms with Crippen molar-refractivity contribution >= 4 is 17.2 Å². The summed E-state index contributed by atoms with van der Waals surface area (Å²) in [5.74, 6) is -1.61. The van der Waals surface area contributed by atoms with Crippen LogP contribution < -0.4 is 10.1 Å². The molecule has 1 aromatic heterocycles. The van der Waals surface area contributed by atoms with Gasteiger partial charge in [0.25, 0.3) is 5.91 Å². The second kappa shape index (κ2) is 8.96. The molecular formula is C24H25F2NO2S. The van der Waals surface area contributed by atoms with Crippen LogP contribution in [0.1, 0.15) is 60.1 Å². The zero-order chi connectivity index (χ0) is 21.9. The van der Waals surface area contributed by atoms with Gasteiger partial charge in [0.15, 0.2) is 11.6 Å². The van der Waals surface area contributed by atoms with Crippen molar-refractivity contribution in [2.24, 2.45) is 0 Å². The van der Waals surface area contributed by atoms with Crippen LogP contribution in [0, 0.1) is 11.6 Å². The van der Waals surface area contributed by atoms with Crippen LogP contribution >= 0.6 is 11.3 Å². The van der Waals surface area contributed by atoms with Crippen LogP contribution in [-0.4, -0.2) is 5.91 Å². The van der Waals surface area contributed by atoms with Crippen LogP contribution in [-0.2, 0) is 12.0 Å². The minimum atomic E-state index is -0.755. The molecule has 0 saturated carbocycles. The number of carbonyl (C=O) groups excluding carboxylic acids is 1. The van der Waals surface area contributed by atoms with E-state index < -0.39 is 11.6 Å². The van der Waals surface area contributed by atoms with Gasteiger partial charge in [-0.05, 0) is 47.0 Å². The van der Waals surface area contributed by atoms with Gasteiger partial charge in [-0.25, -0.2) is 8.78 Å². The van der Waals surface area contributed by atoms with Gasteiger partial charge in [-0.2, -0.15) is 0 Å². The number of thiophene rings is 1. The van der Waals surface area contributed by atoms with Gasteiger partial charge in [0.1, 0.15) is 12.4 Å². The molecule has 1 N–H and O–H groups in total. The van der Waals surface area contributed by atoms with Crippen LogP contribution in [0.2, 0.25) is 0 Å². The Kier molecular flexibility index (Phi) is 6.56. The second-order valence-corrected chi connectivity index (χ2v) is 9.16. The average Bonchev–Trinajstić information content (AvgIpc) is 3.16. The maximum absolute atomic E-state index is 13.7. The van der Waals surface area contributed by atoms with Crippen LogP contribution in [0.5, 0.6) is 5.75 Å². The van der Waals surface area contributed by atoms with Gasteiger partial charge < -0.3 is 10.1 Å². The molecule has 3 nitrogen and oxygen atoms in total. The summed E-state index contributed by atoms with van der Waals surface area (Å²) in [6.45, 7) is 8.52. The summed E-state index contributed by atoms with van der Waals surface area (Å²) >= 11 is 1.30. The third-order valence-corrected chi connectivity index (χ3v) is 5.77. The summed E-state index contributed by atoms with van der Waals surface area (Å²) in [7, 11) is 0. The molecule has 0 spiro atoms. The lowest BCUT2D eigenvalue weighted by Crippen LogP contribution is -2.26. The fourth-order valence-electron chi connectivity index (χ4n) is 2.95. The van der Waals surface area contributed by atoms with Gasteiger partial charge >= 0.3 is 0 Å². The predicted octanol–water partition coefficient (Wildman–Crippen LogP) is 6.39. The third-order valence-electron chi connectivity index (χ3n) is 4.79. The molecule has 158 valence electrons. The summed E-state index contributed by atoms with van der Waals surface area (Å²) < 4.78 is 32.0. The lowest BCUT2D eigenvalue weighted by molar-refractivity contribution is 0.0944. The maximum atomic E-state index is 13.7. The molecule has 0 bridgehead atoms. The molecule has 1 atom stereocenters. The summed E-state index contributed by atoms with van der Waals surface area (Å²) in [4.78, 5) is 13.1. The van der Waals surface area contributed by atoms with E-state index in [0.717, 1.165) is 23.3 Å². The first-order chi connectivity index (χ1) is 14.1. The number of halogens is 2. The highest BCUT2D eigenvalue weighted by Gasteiger charge is 2.16. The van der Waals surface area contributed by atoms with Crippen molar-refractivity contribution in [3.8, 4) is 5.75 Å². The maximum Gasteiger partial charge on any atom is 0.261 e. The molecule has 30 heavy (non-hydrogen) atoms. The van der Waals surface area contributed by atoms with Crippen LogP contribution in [0.4, 0.5) is 8.78 Å². The molecular weight excluding hydrogens is 404 g/mol. The molecule has 0 aliphatic carbocycles. The van der Waals surface area contributed by atoms with Crippen LogP contribution in [0.15, 0.2) is 53.9 Å². The van der Waals surface area contributed by atoms with Gasteiger partial charge in [-0.15, -0.1) is 11.3 Å². The molecule has 1 unspecified atom stereocenters. The summed E-state index contributed by atoms with van der Waals surface area (Å²) in [6, 6.07) is 13.0. The SMILES string of the molecule is CC(NC(=O)c1cc(COc2ccc(F)cc2F)cs1)c1ccc(C(C)(C)C)cc1. The first kappa shape index (κ1) is 22.0. The molecule has 0 aliphatic heterocycles. The van der Waals surface area contributed by atoms with Gasteiger partial charge in [0, 0.05) is 11.6 Å². The van der Waals surface area contributed by atoms with E-state index in [9.17, 15) is 13.6 Å². The van der Waals surface area contributed by atoms with E-state index in [4.69, 9.17) is 4.74 Å². The highest BCUT2D eigenvalue weighted by molar-refractivity contribution is 7.12. The number of carbonyl (C=O) groups is 1. The minimum Gasteiger partial charge on any atom is -0.486 e. The Morgan fingerprint density at radius 2 is 1.80 bits per heavy atom. The summed E-state index contributed by atoms with van der Waals surface area (Å²) in [5.41, 5.74) is 3.10. The average molecular weight is 430 g/mol. The number of nitrogens with one attached hydrogen (secondary N) is 1. The van der Waals surface area contributed by atoms with Crippen molar-refractivity contribution in [1.82, 2.24) is 5.32 Å². The normalized spacial score (nSPS) is 12.5. The molecule has 0 radical (unpaired) electrons. The van der Waals surface area contributed by atoms with Crippen molar-refractivity contribution in [1.29, 1.82) is 0 Å². The van der Waals surface area contributed by atoms with E-state index in [-0.39, 0.29) is 29.7 Å². The Labute approximate surface area is 179 Å². The van der Waals surface area contributed by atoms with Crippen molar-refractivity contribution in [2.45, 2.75) is 45.8 Å². The summed E-state index contributed by atoms with van der Waals surface area (Å²) in [6.07, 6.45) is 0. The number of benzene rings is 2. The van der Waals surface area contributed by atoms with E-state index in [1.165, 1.54) is 23.0 Å². The van der Waals surface area contributed by atoms with Crippen molar-refractivity contribution in [3.05, 3.63) is 87.1 Å².